The van der Waals surface area contributed by atoms with Crippen molar-refractivity contribution in [2.24, 2.45) is 0 Å². The molecule has 2 heterocycles. The SMILES string of the molecule is CNCc1c(COCCN2CCCC2)oc2ccccc12. The number of benzene rings is 1. The fourth-order valence-corrected chi connectivity index (χ4v) is 3.00. The van der Waals surface area contributed by atoms with Crippen LogP contribution in [0.3, 0.4) is 0 Å². The summed E-state index contributed by atoms with van der Waals surface area (Å²) in [6, 6.07) is 8.18. The molecule has 0 radical (unpaired) electrons. The molecule has 1 aromatic heterocycles. The Hall–Kier alpha value is -1.36. The van der Waals surface area contributed by atoms with Gasteiger partial charge < -0.3 is 19.4 Å². The lowest BCUT2D eigenvalue weighted by Gasteiger charge is -2.14. The van der Waals surface area contributed by atoms with Gasteiger partial charge in [0, 0.05) is 24.0 Å². The van der Waals surface area contributed by atoms with E-state index < -0.39 is 0 Å². The van der Waals surface area contributed by atoms with Crippen LogP contribution in [0.5, 0.6) is 0 Å². The van der Waals surface area contributed by atoms with E-state index in [9.17, 15) is 0 Å². The molecule has 0 spiro atoms. The topological polar surface area (TPSA) is 37.6 Å². The van der Waals surface area contributed by atoms with Gasteiger partial charge in [0.1, 0.15) is 18.0 Å². The maximum absolute atomic E-state index is 5.95. The Kier molecular flexibility index (Phi) is 4.91. The van der Waals surface area contributed by atoms with Gasteiger partial charge in [0.15, 0.2) is 0 Å². The quantitative estimate of drug-likeness (QED) is 0.795. The Balaban J connectivity index is 1.61. The second kappa shape index (κ2) is 7.07. The Labute approximate surface area is 126 Å². The molecule has 1 saturated heterocycles. The molecule has 1 aromatic carbocycles. The van der Waals surface area contributed by atoms with Crippen molar-refractivity contribution in [2.75, 3.05) is 33.3 Å². The Morgan fingerprint density at radius 3 is 2.86 bits per heavy atom. The fourth-order valence-electron chi connectivity index (χ4n) is 3.00. The highest BCUT2D eigenvalue weighted by Crippen LogP contribution is 2.26. The van der Waals surface area contributed by atoms with E-state index in [2.05, 4.69) is 22.3 Å². The predicted octanol–water partition coefficient (Wildman–Crippen LogP) is 2.76. The molecule has 0 unspecified atom stereocenters. The number of hydrogen-bond acceptors (Lipinski definition) is 4. The van der Waals surface area contributed by atoms with E-state index in [0.29, 0.717) is 6.61 Å². The zero-order valence-corrected chi connectivity index (χ0v) is 12.7. The van der Waals surface area contributed by atoms with E-state index in [1.165, 1.54) is 36.9 Å². The number of para-hydroxylation sites is 1. The highest BCUT2D eigenvalue weighted by atomic mass is 16.5. The number of nitrogens with one attached hydrogen (secondary N) is 1. The summed E-state index contributed by atoms with van der Waals surface area (Å²) in [7, 11) is 1.96. The van der Waals surface area contributed by atoms with Gasteiger partial charge in [-0.3, -0.25) is 0 Å². The fraction of sp³-hybridized carbons (Fsp3) is 0.529. The predicted molar refractivity (Wildman–Crippen MR) is 84.3 cm³/mol. The summed E-state index contributed by atoms with van der Waals surface area (Å²) in [5, 5.41) is 4.40. The van der Waals surface area contributed by atoms with E-state index in [1.54, 1.807) is 0 Å². The first-order chi connectivity index (χ1) is 10.4. The first-order valence-electron chi connectivity index (χ1n) is 7.82. The van der Waals surface area contributed by atoms with Gasteiger partial charge in [-0.2, -0.15) is 0 Å². The molecule has 2 aromatic rings. The average molecular weight is 288 g/mol. The van der Waals surface area contributed by atoms with Crippen molar-refractivity contribution in [3.8, 4) is 0 Å². The van der Waals surface area contributed by atoms with E-state index in [0.717, 1.165) is 31.0 Å². The molecule has 0 atom stereocenters. The lowest BCUT2D eigenvalue weighted by Crippen LogP contribution is -2.24. The molecule has 4 heteroatoms. The van der Waals surface area contributed by atoms with E-state index in [-0.39, 0.29) is 0 Å². The molecular formula is C17H24N2O2. The highest BCUT2D eigenvalue weighted by Gasteiger charge is 2.14. The molecule has 0 bridgehead atoms. The smallest absolute Gasteiger partial charge is 0.135 e. The third kappa shape index (κ3) is 3.46. The first kappa shape index (κ1) is 14.6. The molecule has 3 rings (SSSR count). The van der Waals surface area contributed by atoms with E-state index >= 15 is 0 Å². The minimum atomic E-state index is 0.555. The number of furan rings is 1. The van der Waals surface area contributed by atoms with Gasteiger partial charge >= 0.3 is 0 Å². The third-order valence-corrected chi connectivity index (χ3v) is 4.12. The van der Waals surface area contributed by atoms with Crippen molar-refractivity contribution >= 4 is 11.0 Å². The molecule has 0 aliphatic carbocycles. The number of rotatable bonds is 7. The number of nitrogens with zero attached hydrogens (tertiary/aromatic N) is 1. The van der Waals surface area contributed by atoms with Gasteiger partial charge in [0.25, 0.3) is 0 Å². The van der Waals surface area contributed by atoms with Gasteiger partial charge in [-0.1, -0.05) is 18.2 Å². The van der Waals surface area contributed by atoms with Crippen LogP contribution in [0.25, 0.3) is 11.0 Å². The molecule has 0 saturated carbocycles. The van der Waals surface area contributed by atoms with E-state index in [1.807, 2.05) is 19.2 Å². The van der Waals surface area contributed by atoms with Crippen molar-refractivity contribution in [2.45, 2.75) is 26.0 Å². The first-order valence-corrected chi connectivity index (χ1v) is 7.82. The minimum absolute atomic E-state index is 0.555. The van der Waals surface area contributed by atoms with Gasteiger partial charge in [-0.25, -0.2) is 0 Å². The van der Waals surface area contributed by atoms with Crippen LogP contribution in [-0.2, 0) is 17.9 Å². The van der Waals surface area contributed by atoms with Crippen LogP contribution in [0.1, 0.15) is 24.2 Å². The summed E-state index contributed by atoms with van der Waals surface area (Å²) in [5.74, 6) is 0.951. The lowest BCUT2D eigenvalue weighted by atomic mass is 10.1. The van der Waals surface area contributed by atoms with Crippen LogP contribution in [0.15, 0.2) is 28.7 Å². The summed E-state index contributed by atoms with van der Waals surface area (Å²) in [5.41, 5.74) is 2.16. The monoisotopic (exact) mass is 288 g/mol. The van der Waals surface area contributed by atoms with Crippen molar-refractivity contribution < 1.29 is 9.15 Å². The second-order valence-electron chi connectivity index (χ2n) is 5.63. The molecule has 114 valence electrons. The molecular weight excluding hydrogens is 264 g/mol. The van der Waals surface area contributed by atoms with Crippen molar-refractivity contribution in [3.63, 3.8) is 0 Å². The lowest BCUT2D eigenvalue weighted by molar-refractivity contribution is 0.0877. The molecule has 1 N–H and O–H groups in total. The number of likely N-dealkylation sites (tertiary alicyclic amines) is 1. The number of ether oxygens (including phenoxy) is 1. The third-order valence-electron chi connectivity index (χ3n) is 4.12. The largest absolute Gasteiger partial charge is 0.458 e. The van der Waals surface area contributed by atoms with Crippen molar-refractivity contribution in [1.82, 2.24) is 10.2 Å². The summed E-state index contributed by atoms with van der Waals surface area (Å²) in [6.45, 7) is 5.61. The summed E-state index contributed by atoms with van der Waals surface area (Å²) >= 11 is 0. The van der Waals surface area contributed by atoms with Gasteiger partial charge in [-0.15, -0.1) is 0 Å². The second-order valence-corrected chi connectivity index (χ2v) is 5.63. The van der Waals surface area contributed by atoms with Crippen LogP contribution in [-0.4, -0.2) is 38.2 Å². The zero-order chi connectivity index (χ0) is 14.5. The molecule has 21 heavy (non-hydrogen) atoms. The van der Waals surface area contributed by atoms with Crippen LogP contribution in [0.4, 0.5) is 0 Å². The minimum Gasteiger partial charge on any atom is -0.458 e. The standard InChI is InChI=1S/C17H24N2O2/c1-18-12-15-14-6-2-3-7-16(14)21-17(15)13-20-11-10-19-8-4-5-9-19/h2-3,6-7,18H,4-5,8-13H2,1H3. The number of hydrogen-bond donors (Lipinski definition) is 1. The van der Waals surface area contributed by atoms with Crippen molar-refractivity contribution in [1.29, 1.82) is 0 Å². The maximum atomic E-state index is 5.95. The van der Waals surface area contributed by atoms with Gasteiger partial charge in [0.05, 0.1) is 6.61 Å². The molecule has 1 aliphatic heterocycles. The Morgan fingerprint density at radius 2 is 2.05 bits per heavy atom. The average Bonchev–Trinajstić information content (AvgIpc) is 3.13. The van der Waals surface area contributed by atoms with Gasteiger partial charge in [0.2, 0.25) is 0 Å². The highest BCUT2D eigenvalue weighted by molar-refractivity contribution is 5.82. The summed E-state index contributed by atoms with van der Waals surface area (Å²) in [6.07, 6.45) is 2.66. The van der Waals surface area contributed by atoms with Crippen LogP contribution in [0.2, 0.25) is 0 Å². The van der Waals surface area contributed by atoms with Crippen LogP contribution in [0, 0.1) is 0 Å². The summed E-state index contributed by atoms with van der Waals surface area (Å²) < 4.78 is 11.8. The molecule has 1 aliphatic rings. The van der Waals surface area contributed by atoms with Gasteiger partial charge in [-0.05, 0) is 39.0 Å². The Bertz CT molecular complexity index is 573. The number of fused-ring (bicyclic) bond motifs is 1. The maximum Gasteiger partial charge on any atom is 0.135 e. The normalized spacial score (nSPS) is 16.0. The van der Waals surface area contributed by atoms with Crippen LogP contribution < -0.4 is 5.32 Å². The Morgan fingerprint density at radius 1 is 1.24 bits per heavy atom. The zero-order valence-electron chi connectivity index (χ0n) is 12.7. The van der Waals surface area contributed by atoms with Crippen molar-refractivity contribution in [3.05, 3.63) is 35.6 Å². The molecule has 1 fully saturated rings. The molecule has 0 amide bonds. The van der Waals surface area contributed by atoms with E-state index in [4.69, 9.17) is 9.15 Å². The molecule has 4 nitrogen and oxygen atoms in total. The summed E-state index contributed by atoms with van der Waals surface area (Å²) in [4.78, 5) is 2.47. The van der Waals surface area contributed by atoms with Crippen LogP contribution >= 0.6 is 0 Å².